The Kier molecular flexibility index (Phi) is 10.8. The van der Waals surface area contributed by atoms with E-state index in [0.717, 1.165) is 17.5 Å². The predicted octanol–water partition coefficient (Wildman–Crippen LogP) is 4.67. The van der Waals surface area contributed by atoms with Gasteiger partial charge in [0.15, 0.2) is 0 Å². The normalized spacial score (nSPS) is 18.6. The predicted molar refractivity (Wildman–Crippen MR) is 179 cm³/mol. The first-order valence-electron chi connectivity index (χ1n) is 16.0. The van der Waals surface area contributed by atoms with E-state index in [9.17, 15) is 24.0 Å². The number of amides is 5. The number of alkyl carbamates (subject to hydrolysis) is 1. The molecular formula is C34H47N5O6S. The summed E-state index contributed by atoms with van der Waals surface area (Å²) in [5.41, 5.74) is 1.11. The highest BCUT2D eigenvalue weighted by atomic mass is 32.1. The minimum Gasteiger partial charge on any atom is -0.444 e. The number of carbonyl (C=O) groups is 5. The van der Waals surface area contributed by atoms with E-state index in [-0.39, 0.29) is 37.1 Å². The smallest absolute Gasteiger partial charge is 0.408 e. The lowest BCUT2D eigenvalue weighted by atomic mass is 9.93. The topological polar surface area (TPSA) is 137 Å². The van der Waals surface area contributed by atoms with Crippen molar-refractivity contribution < 1.29 is 28.7 Å². The van der Waals surface area contributed by atoms with E-state index in [1.807, 2.05) is 48.9 Å². The van der Waals surface area contributed by atoms with E-state index in [2.05, 4.69) is 16.0 Å². The number of fused-ring (bicyclic) bond motifs is 1. The van der Waals surface area contributed by atoms with E-state index >= 15 is 0 Å². The molecule has 0 radical (unpaired) electrons. The summed E-state index contributed by atoms with van der Waals surface area (Å²) in [5, 5.41) is 12.4. The zero-order valence-electron chi connectivity index (χ0n) is 27.9. The van der Waals surface area contributed by atoms with Crippen LogP contribution in [-0.2, 0) is 36.9 Å². The number of hydrogen-bond donors (Lipinski definition) is 3. The van der Waals surface area contributed by atoms with Crippen LogP contribution in [0.15, 0.2) is 35.0 Å². The van der Waals surface area contributed by atoms with Gasteiger partial charge in [-0.1, -0.05) is 32.9 Å². The molecule has 1 aromatic heterocycles. The molecule has 3 heterocycles. The van der Waals surface area contributed by atoms with E-state index in [0.29, 0.717) is 30.8 Å². The molecule has 1 unspecified atom stereocenters. The molecule has 0 aliphatic carbocycles. The van der Waals surface area contributed by atoms with E-state index in [4.69, 9.17) is 4.74 Å². The second-order valence-corrected chi connectivity index (χ2v) is 14.5. The summed E-state index contributed by atoms with van der Waals surface area (Å²) in [6.07, 6.45) is 1.31. The van der Waals surface area contributed by atoms with E-state index < -0.39 is 41.1 Å². The number of hydrogen-bond acceptors (Lipinski definition) is 7. The summed E-state index contributed by atoms with van der Waals surface area (Å²) in [5.74, 6) is -1.23. The maximum Gasteiger partial charge on any atom is 0.408 e. The Morgan fingerprint density at radius 2 is 1.85 bits per heavy atom. The van der Waals surface area contributed by atoms with Gasteiger partial charge in [0, 0.05) is 19.4 Å². The number of rotatable bonds is 11. The summed E-state index contributed by atoms with van der Waals surface area (Å²) in [7, 11) is 0. The highest BCUT2D eigenvalue weighted by molar-refractivity contribution is 7.07. The molecule has 2 aliphatic rings. The fourth-order valence-electron chi connectivity index (χ4n) is 5.74. The van der Waals surface area contributed by atoms with Crippen molar-refractivity contribution in [1.29, 1.82) is 0 Å². The molecule has 11 nitrogen and oxygen atoms in total. The molecule has 250 valence electrons. The van der Waals surface area contributed by atoms with Crippen LogP contribution >= 0.6 is 11.3 Å². The first-order valence-corrected chi connectivity index (χ1v) is 16.9. The average Bonchev–Trinajstić information content (AvgIpc) is 3.64. The average molecular weight is 654 g/mol. The van der Waals surface area contributed by atoms with Crippen molar-refractivity contribution in [3.8, 4) is 0 Å². The number of ether oxygens (including phenoxy) is 1. The van der Waals surface area contributed by atoms with Gasteiger partial charge in [0.05, 0.1) is 17.9 Å². The second kappa shape index (κ2) is 14.2. The standard InChI is InChI=1S/C34H47N5O6S/c1-8-34(7,37-32(44)45-33(4,5)6)31(43)36-24(17-21(2)3)29(41)35-25-18-23-11-9-12-26(38-15-10-13-27(38)40)28(23)39(30(25)42)19-22-14-16-46-20-22/h9,11-12,14,16,20-21,24-25H,8,10,13,15,17-19H2,1-7H3,(H,35,41)(H,36,43)(H,37,44)/t24-,25?,34+/m1/s1. The number of para-hydroxylation sites is 1. The van der Waals surface area contributed by atoms with Crippen molar-refractivity contribution in [3.05, 3.63) is 46.2 Å². The number of nitrogens with zero attached hydrogens (tertiary/aromatic N) is 2. The molecule has 3 N–H and O–H groups in total. The lowest BCUT2D eigenvalue weighted by Gasteiger charge is -2.38. The van der Waals surface area contributed by atoms with Crippen LogP contribution in [0.1, 0.15) is 85.3 Å². The molecule has 0 bridgehead atoms. The van der Waals surface area contributed by atoms with E-state index in [1.54, 1.807) is 44.4 Å². The number of carbonyl (C=O) groups excluding carboxylic acids is 5. The van der Waals surface area contributed by atoms with Crippen molar-refractivity contribution in [2.45, 2.75) is 110 Å². The lowest BCUT2D eigenvalue weighted by Crippen LogP contribution is -2.62. The first-order chi connectivity index (χ1) is 21.6. The fourth-order valence-corrected chi connectivity index (χ4v) is 6.40. The zero-order chi connectivity index (χ0) is 33.8. The van der Waals surface area contributed by atoms with Gasteiger partial charge in [0.25, 0.3) is 0 Å². The van der Waals surface area contributed by atoms with Crippen LogP contribution in [0.5, 0.6) is 0 Å². The molecule has 4 rings (SSSR count). The maximum atomic E-state index is 14.2. The molecule has 0 spiro atoms. The molecule has 1 saturated heterocycles. The van der Waals surface area contributed by atoms with Gasteiger partial charge in [-0.05, 0) is 86.9 Å². The molecule has 3 atom stereocenters. The quantitative estimate of drug-likeness (QED) is 0.322. The number of benzene rings is 1. The Labute approximate surface area is 275 Å². The summed E-state index contributed by atoms with van der Waals surface area (Å²) >= 11 is 1.53. The van der Waals surface area contributed by atoms with Gasteiger partial charge < -0.3 is 30.5 Å². The van der Waals surface area contributed by atoms with Crippen LogP contribution in [-0.4, -0.2) is 59.5 Å². The number of thiophene rings is 1. The highest BCUT2D eigenvalue weighted by Crippen LogP contribution is 2.40. The van der Waals surface area contributed by atoms with E-state index in [1.165, 1.54) is 11.3 Å². The largest absolute Gasteiger partial charge is 0.444 e. The Balaban J connectivity index is 1.58. The van der Waals surface area contributed by atoms with Gasteiger partial charge in [-0.25, -0.2) is 4.79 Å². The van der Waals surface area contributed by atoms with Gasteiger partial charge in [-0.15, -0.1) is 0 Å². The zero-order valence-corrected chi connectivity index (χ0v) is 28.7. The van der Waals surface area contributed by atoms with Crippen LogP contribution in [0.2, 0.25) is 0 Å². The molecular weight excluding hydrogens is 606 g/mol. The van der Waals surface area contributed by atoms with Gasteiger partial charge >= 0.3 is 6.09 Å². The second-order valence-electron chi connectivity index (χ2n) is 13.7. The summed E-state index contributed by atoms with van der Waals surface area (Å²) in [4.78, 5) is 70.3. The Bertz CT molecular complexity index is 1450. The lowest BCUT2D eigenvalue weighted by molar-refractivity contribution is -0.134. The Hall–Kier alpha value is -3.93. The molecule has 1 aromatic carbocycles. The molecule has 46 heavy (non-hydrogen) atoms. The Morgan fingerprint density at radius 1 is 1.11 bits per heavy atom. The van der Waals surface area contributed by atoms with Gasteiger partial charge in [0.1, 0.15) is 23.2 Å². The molecule has 12 heteroatoms. The number of nitrogens with one attached hydrogen (secondary N) is 3. The van der Waals surface area contributed by atoms with Crippen LogP contribution in [0.4, 0.5) is 16.2 Å². The van der Waals surface area contributed by atoms with Crippen LogP contribution in [0.3, 0.4) is 0 Å². The monoisotopic (exact) mass is 653 g/mol. The Morgan fingerprint density at radius 3 is 2.43 bits per heavy atom. The summed E-state index contributed by atoms with van der Waals surface area (Å²) in [6, 6.07) is 5.79. The minimum atomic E-state index is -1.34. The fraction of sp³-hybridized carbons (Fsp3) is 0.559. The van der Waals surface area contributed by atoms with Gasteiger partial charge in [-0.2, -0.15) is 11.3 Å². The maximum absolute atomic E-state index is 14.2. The van der Waals surface area contributed by atoms with Crippen LogP contribution in [0, 0.1) is 5.92 Å². The molecule has 1 fully saturated rings. The summed E-state index contributed by atoms with van der Waals surface area (Å²) in [6.45, 7) is 13.3. The molecule has 0 saturated carbocycles. The van der Waals surface area contributed by atoms with Crippen LogP contribution < -0.4 is 25.8 Å². The van der Waals surface area contributed by atoms with Crippen molar-refractivity contribution in [2.24, 2.45) is 5.92 Å². The first kappa shape index (κ1) is 34.9. The molecule has 5 amide bonds. The van der Waals surface area contributed by atoms with Crippen molar-refractivity contribution >= 4 is 52.4 Å². The molecule has 2 aliphatic heterocycles. The van der Waals surface area contributed by atoms with Gasteiger partial charge in [-0.3, -0.25) is 19.2 Å². The molecule has 2 aromatic rings. The van der Waals surface area contributed by atoms with Crippen molar-refractivity contribution in [2.75, 3.05) is 16.3 Å². The highest BCUT2D eigenvalue weighted by Gasteiger charge is 2.40. The third-order valence-electron chi connectivity index (χ3n) is 8.27. The third-order valence-corrected chi connectivity index (χ3v) is 9.00. The van der Waals surface area contributed by atoms with Gasteiger partial charge in [0.2, 0.25) is 23.6 Å². The third kappa shape index (κ3) is 8.26. The minimum absolute atomic E-state index is 0.0271. The van der Waals surface area contributed by atoms with Crippen molar-refractivity contribution in [3.63, 3.8) is 0 Å². The SMILES string of the molecule is CC[C@](C)(NC(=O)OC(C)(C)C)C(=O)N[C@H](CC(C)C)C(=O)NC1Cc2cccc(N3CCCC3=O)c2N(Cc2ccsc2)C1=O. The van der Waals surface area contributed by atoms with Crippen LogP contribution in [0.25, 0.3) is 0 Å². The number of anilines is 2. The summed E-state index contributed by atoms with van der Waals surface area (Å²) < 4.78 is 5.37. The van der Waals surface area contributed by atoms with Crippen molar-refractivity contribution in [1.82, 2.24) is 16.0 Å².